The zero-order valence-electron chi connectivity index (χ0n) is 12.2. The van der Waals surface area contributed by atoms with E-state index in [0.717, 1.165) is 23.6 Å². The van der Waals surface area contributed by atoms with Gasteiger partial charge in [-0.2, -0.15) is 0 Å². The first-order valence-corrected chi connectivity index (χ1v) is 7.69. The third-order valence-electron chi connectivity index (χ3n) is 4.94. The quantitative estimate of drug-likeness (QED) is 0.641. The molecule has 5 nitrogen and oxygen atoms in total. The van der Waals surface area contributed by atoms with E-state index in [1.165, 1.54) is 4.57 Å². The van der Waals surface area contributed by atoms with Gasteiger partial charge in [-0.05, 0) is 36.4 Å². The van der Waals surface area contributed by atoms with Gasteiger partial charge in [0.2, 0.25) is 11.8 Å². The van der Waals surface area contributed by atoms with Crippen LogP contribution in [-0.2, 0) is 4.74 Å². The minimum atomic E-state index is -0.134. The monoisotopic (exact) mass is 309 g/mol. The van der Waals surface area contributed by atoms with Crippen LogP contribution in [0.4, 0.5) is 0 Å². The number of benzene rings is 2. The third-order valence-corrected chi connectivity index (χ3v) is 4.94. The topological polar surface area (TPSA) is 74.9 Å². The van der Waals surface area contributed by atoms with E-state index < -0.39 is 0 Å². The van der Waals surface area contributed by atoms with Gasteiger partial charge in [0.1, 0.15) is 5.75 Å². The zero-order chi connectivity index (χ0) is 15.7. The van der Waals surface area contributed by atoms with Crippen LogP contribution in [-0.4, -0.2) is 19.9 Å². The molecule has 0 spiro atoms. The van der Waals surface area contributed by atoms with Crippen LogP contribution in [0.2, 0.25) is 0 Å². The Balaban J connectivity index is 1.83. The Hall–Kier alpha value is -2.66. The van der Waals surface area contributed by atoms with Gasteiger partial charge in [-0.15, -0.1) is 0 Å². The Kier molecular flexibility index (Phi) is 2.35. The van der Waals surface area contributed by atoms with Crippen molar-refractivity contribution in [1.29, 1.82) is 0 Å². The van der Waals surface area contributed by atoms with Crippen molar-refractivity contribution in [1.82, 2.24) is 4.57 Å². The van der Waals surface area contributed by atoms with Crippen LogP contribution < -0.4 is 0 Å². The number of phenolic OH excluding ortho intramolecular Hbond substituents is 1. The molecule has 1 aromatic heterocycles. The lowest BCUT2D eigenvalue weighted by molar-refractivity contribution is 0.0683. The fourth-order valence-corrected chi connectivity index (χ4v) is 3.95. The summed E-state index contributed by atoms with van der Waals surface area (Å²) in [6.45, 7) is 0. The Bertz CT molecular complexity index is 926. The summed E-state index contributed by atoms with van der Waals surface area (Å²) < 4.78 is 7.23. The smallest absolute Gasteiger partial charge is 0.205 e. The second-order valence-electron chi connectivity index (χ2n) is 6.18. The van der Waals surface area contributed by atoms with Crippen LogP contribution in [0, 0.1) is 0 Å². The molecular weight excluding hydrogens is 294 g/mol. The van der Waals surface area contributed by atoms with E-state index in [9.17, 15) is 15.3 Å². The summed E-state index contributed by atoms with van der Waals surface area (Å²) in [5.41, 5.74) is 2.05. The number of fused-ring (bicyclic) bond motifs is 6. The third kappa shape index (κ3) is 1.55. The van der Waals surface area contributed by atoms with Crippen LogP contribution in [0.5, 0.6) is 17.5 Å². The number of aromatic nitrogens is 1. The maximum Gasteiger partial charge on any atom is 0.205 e. The van der Waals surface area contributed by atoms with Crippen molar-refractivity contribution in [3.8, 4) is 23.2 Å². The number of phenols is 1. The van der Waals surface area contributed by atoms with Crippen LogP contribution >= 0.6 is 0 Å². The van der Waals surface area contributed by atoms with Crippen molar-refractivity contribution in [2.45, 2.75) is 25.0 Å². The van der Waals surface area contributed by atoms with E-state index >= 15 is 0 Å². The molecule has 0 amide bonds. The molecule has 5 rings (SSSR count). The summed E-state index contributed by atoms with van der Waals surface area (Å²) in [5, 5.41) is 32.9. The fourth-order valence-electron chi connectivity index (χ4n) is 3.95. The van der Waals surface area contributed by atoms with Crippen molar-refractivity contribution >= 4 is 10.8 Å². The Morgan fingerprint density at radius 2 is 1.61 bits per heavy atom. The van der Waals surface area contributed by atoms with E-state index in [2.05, 4.69) is 0 Å². The summed E-state index contributed by atoms with van der Waals surface area (Å²) in [4.78, 5) is 0. The van der Waals surface area contributed by atoms with Gasteiger partial charge in [0.05, 0.1) is 29.0 Å². The molecule has 0 radical (unpaired) electrons. The molecule has 3 heterocycles. The van der Waals surface area contributed by atoms with E-state index in [4.69, 9.17) is 4.74 Å². The lowest BCUT2D eigenvalue weighted by Crippen LogP contribution is -1.97. The summed E-state index contributed by atoms with van der Waals surface area (Å²) in [6.07, 6.45) is 1.46. The molecule has 2 aliphatic rings. The Morgan fingerprint density at radius 1 is 0.913 bits per heavy atom. The lowest BCUT2D eigenvalue weighted by atomic mass is 9.95. The first-order valence-electron chi connectivity index (χ1n) is 7.69. The number of ether oxygens (including phenoxy) is 1. The molecule has 1 saturated heterocycles. The number of nitrogens with zero attached hydrogens (tertiary/aromatic N) is 1. The number of hydrogen-bond donors (Lipinski definition) is 3. The van der Waals surface area contributed by atoms with Gasteiger partial charge >= 0.3 is 0 Å². The van der Waals surface area contributed by atoms with Crippen LogP contribution in [0.15, 0.2) is 36.4 Å². The molecule has 116 valence electrons. The SMILES string of the molecule is Oc1ccc2cccc(-n3c(O)c4c(c3O)[C@H]3CC[C@@H]4O3)c2c1. The van der Waals surface area contributed by atoms with E-state index in [0.29, 0.717) is 16.8 Å². The molecule has 0 unspecified atom stereocenters. The molecule has 0 saturated carbocycles. The Morgan fingerprint density at radius 3 is 2.30 bits per heavy atom. The average Bonchev–Trinajstić information content (AvgIpc) is 3.21. The van der Waals surface area contributed by atoms with Gasteiger partial charge in [-0.3, -0.25) is 4.57 Å². The van der Waals surface area contributed by atoms with Crippen molar-refractivity contribution in [3.05, 3.63) is 47.5 Å². The Labute approximate surface area is 132 Å². The van der Waals surface area contributed by atoms with Gasteiger partial charge in [0, 0.05) is 5.39 Å². The first-order chi connectivity index (χ1) is 11.1. The molecule has 5 heteroatoms. The van der Waals surface area contributed by atoms with Crippen molar-refractivity contribution in [2.75, 3.05) is 0 Å². The second kappa shape index (κ2) is 4.20. The number of rotatable bonds is 1. The van der Waals surface area contributed by atoms with Crippen molar-refractivity contribution in [3.63, 3.8) is 0 Å². The summed E-state index contributed by atoms with van der Waals surface area (Å²) in [7, 11) is 0. The highest BCUT2D eigenvalue weighted by Gasteiger charge is 2.45. The average molecular weight is 309 g/mol. The van der Waals surface area contributed by atoms with Gasteiger partial charge in [0.25, 0.3) is 0 Å². The van der Waals surface area contributed by atoms with Gasteiger partial charge in [-0.1, -0.05) is 18.2 Å². The highest BCUT2D eigenvalue weighted by atomic mass is 16.5. The first kappa shape index (κ1) is 12.8. The standard InChI is InChI=1S/C18H15NO4/c20-10-5-4-9-2-1-3-12(11(9)8-10)19-17(21)15-13-6-7-14(23-13)16(15)18(19)22/h1-5,8,13-14,20-22H,6-7H2/t13-,14+. The molecule has 2 atom stereocenters. The van der Waals surface area contributed by atoms with Crippen LogP contribution in [0.25, 0.3) is 16.5 Å². The molecule has 23 heavy (non-hydrogen) atoms. The summed E-state index contributed by atoms with van der Waals surface area (Å²) >= 11 is 0. The minimum Gasteiger partial charge on any atom is -0.508 e. The van der Waals surface area contributed by atoms with Gasteiger partial charge < -0.3 is 20.1 Å². The predicted octanol–water partition coefficient (Wildman–Crippen LogP) is 3.65. The molecular formula is C18H15NO4. The molecule has 2 aromatic carbocycles. The van der Waals surface area contributed by atoms with Crippen molar-refractivity contribution in [2.24, 2.45) is 0 Å². The molecule has 3 aromatic rings. The fraction of sp³-hybridized carbons (Fsp3) is 0.222. The summed E-state index contributed by atoms with van der Waals surface area (Å²) in [5.74, 6) is 0.202. The van der Waals surface area contributed by atoms with E-state index in [-0.39, 0.29) is 29.7 Å². The molecule has 3 N–H and O–H groups in total. The summed E-state index contributed by atoms with van der Waals surface area (Å²) in [6, 6.07) is 10.7. The normalized spacial score (nSPS) is 21.9. The van der Waals surface area contributed by atoms with Gasteiger partial charge in [-0.25, -0.2) is 0 Å². The minimum absolute atomic E-state index is 0.0283. The second-order valence-corrected chi connectivity index (χ2v) is 6.18. The van der Waals surface area contributed by atoms with E-state index in [1.807, 2.05) is 24.3 Å². The van der Waals surface area contributed by atoms with Crippen molar-refractivity contribution < 1.29 is 20.1 Å². The van der Waals surface area contributed by atoms with Crippen LogP contribution in [0.3, 0.4) is 0 Å². The molecule has 2 aliphatic heterocycles. The predicted molar refractivity (Wildman–Crippen MR) is 84.1 cm³/mol. The zero-order valence-corrected chi connectivity index (χ0v) is 12.2. The molecule has 1 fully saturated rings. The maximum absolute atomic E-state index is 10.7. The van der Waals surface area contributed by atoms with Crippen LogP contribution in [0.1, 0.15) is 36.2 Å². The lowest BCUT2D eigenvalue weighted by Gasteiger charge is -2.13. The highest BCUT2D eigenvalue weighted by molar-refractivity contribution is 5.92. The molecule has 0 aliphatic carbocycles. The maximum atomic E-state index is 10.7. The molecule has 2 bridgehead atoms. The largest absolute Gasteiger partial charge is 0.508 e. The number of aromatic hydroxyl groups is 3. The van der Waals surface area contributed by atoms with E-state index in [1.54, 1.807) is 12.1 Å². The van der Waals surface area contributed by atoms with Gasteiger partial charge in [0.15, 0.2) is 0 Å². The highest BCUT2D eigenvalue weighted by Crippen LogP contribution is 2.58. The number of hydrogen-bond acceptors (Lipinski definition) is 4.